The van der Waals surface area contributed by atoms with Gasteiger partial charge in [0, 0.05) is 19.3 Å². The Bertz CT molecular complexity index is 519. The number of anilines is 1. The van der Waals surface area contributed by atoms with Crippen LogP contribution < -0.4 is 5.73 Å². The zero-order valence-electron chi connectivity index (χ0n) is 10.6. The highest BCUT2D eigenvalue weighted by Crippen LogP contribution is 2.20. The SMILES string of the molecule is COCC(C)Cn1c(C)nc2cc(N)ccc21. The molecule has 4 nitrogen and oxygen atoms in total. The molecule has 0 aliphatic rings. The number of aryl methyl sites for hydroxylation is 1. The Morgan fingerprint density at radius 1 is 1.47 bits per heavy atom. The van der Waals surface area contributed by atoms with Gasteiger partial charge in [-0.25, -0.2) is 4.98 Å². The highest BCUT2D eigenvalue weighted by molar-refractivity contribution is 5.79. The highest BCUT2D eigenvalue weighted by Gasteiger charge is 2.10. The second kappa shape index (κ2) is 4.75. The molecule has 0 aliphatic carbocycles. The molecule has 0 bridgehead atoms. The van der Waals surface area contributed by atoms with Crippen LogP contribution in [-0.4, -0.2) is 23.3 Å². The van der Waals surface area contributed by atoms with Crippen LogP contribution in [0.2, 0.25) is 0 Å². The van der Waals surface area contributed by atoms with Crippen LogP contribution >= 0.6 is 0 Å². The number of ether oxygens (including phenoxy) is 1. The fraction of sp³-hybridized carbons (Fsp3) is 0.462. The van der Waals surface area contributed by atoms with Gasteiger partial charge < -0.3 is 15.0 Å². The van der Waals surface area contributed by atoms with Crippen molar-refractivity contribution in [1.29, 1.82) is 0 Å². The van der Waals surface area contributed by atoms with E-state index in [0.29, 0.717) is 5.92 Å². The molecule has 0 fully saturated rings. The van der Waals surface area contributed by atoms with E-state index < -0.39 is 0 Å². The van der Waals surface area contributed by atoms with Crippen LogP contribution in [0.15, 0.2) is 18.2 Å². The van der Waals surface area contributed by atoms with E-state index in [1.165, 1.54) is 0 Å². The van der Waals surface area contributed by atoms with Crippen molar-refractivity contribution in [2.24, 2.45) is 5.92 Å². The summed E-state index contributed by atoms with van der Waals surface area (Å²) in [6.45, 7) is 5.87. The molecule has 0 saturated carbocycles. The molecule has 0 aliphatic heterocycles. The van der Waals surface area contributed by atoms with Gasteiger partial charge in [0.2, 0.25) is 0 Å². The molecule has 0 amide bonds. The first-order chi connectivity index (χ1) is 8.11. The van der Waals surface area contributed by atoms with Gasteiger partial charge in [0.25, 0.3) is 0 Å². The van der Waals surface area contributed by atoms with Crippen molar-refractivity contribution in [2.45, 2.75) is 20.4 Å². The van der Waals surface area contributed by atoms with Crippen molar-refractivity contribution in [1.82, 2.24) is 9.55 Å². The molecule has 2 rings (SSSR count). The molecule has 0 radical (unpaired) electrons. The summed E-state index contributed by atoms with van der Waals surface area (Å²) >= 11 is 0. The molecule has 1 heterocycles. The molecule has 1 atom stereocenters. The average Bonchev–Trinajstić information content (AvgIpc) is 2.55. The Balaban J connectivity index is 2.36. The maximum atomic E-state index is 5.76. The lowest BCUT2D eigenvalue weighted by atomic mass is 10.2. The summed E-state index contributed by atoms with van der Waals surface area (Å²) in [4.78, 5) is 4.53. The molecule has 4 heteroatoms. The molecule has 2 aromatic rings. The van der Waals surface area contributed by atoms with Crippen molar-refractivity contribution in [3.63, 3.8) is 0 Å². The number of nitrogens with two attached hydrogens (primary N) is 1. The topological polar surface area (TPSA) is 53.1 Å². The summed E-state index contributed by atoms with van der Waals surface area (Å²) in [6.07, 6.45) is 0. The third-order valence-corrected chi connectivity index (χ3v) is 2.91. The number of fused-ring (bicyclic) bond motifs is 1. The van der Waals surface area contributed by atoms with Crippen molar-refractivity contribution in [3.05, 3.63) is 24.0 Å². The van der Waals surface area contributed by atoms with Crippen LogP contribution in [0, 0.1) is 12.8 Å². The number of nitrogen functional groups attached to an aromatic ring is 1. The Hall–Kier alpha value is -1.55. The Labute approximate surface area is 101 Å². The summed E-state index contributed by atoms with van der Waals surface area (Å²) in [5.41, 5.74) is 8.62. The Morgan fingerprint density at radius 3 is 2.94 bits per heavy atom. The molecule has 0 saturated heterocycles. The summed E-state index contributed by atoms with van der Waals surface area (Å²) in [6, 6.07) is 5.87. The molecular formula is C13H19N3O. The summed E-state index contributed by atoms with van der Waals surface area (Å²) in [5.74, 6) is 1.49. The first-order valence-corrected chi connectivity index (χ1v) is 5.83. The second-order valence-corrected chi connectivity index (χ2v) is 4.58. The fourth-order valence-electron chi connectivity index (χ4n) is 2.15. The van der Waals surface area contributed by atoms with Gasteiger partial charge in [-0.1, -0.05) is 6.92 Å². The Kier molecular flexibility index (Phi) is 3.33. The molecule has 1 aromatic carbocycles. The number of imidazole rings is 1. The van der Waals surface area contributed by atoms with E-state index in [0.717, 1.165) is 35.7 Å². The number of rotatable bonds is 4. The van der Waals surface area contributed by atoms with Gasteiger partial charge >= 0.3 is 0 Å². The summed E-state index contributed by atoms with van der Waals surface area (Å²) in [7, 11) is 1.73. The van der Waals surface area contributed by atoms with Crippen molar-refractivity contribution in [2.75, 3.05) is 19.5 Å². The first kappa shape index (κ1) is 11.9. The monoisotopic (exact) mass is 233 g/mol. The first-order valence-electron chi connectivity index (χ1n) is 5.83. The largest absolute Gasteiger partial charge is 0.399 e. The van der Waals surface area contributed by atoms with Gasteiger partial charge in [0.05, 0.1) is 17.6 Å². The number of aromatic nitrogens is 2. The second-order valence-electron chi connectivity index (χ2n) is 4.58. The van der Waals surface area contributed by atoms with Gasteiger partial charge in [-0.3, -0.25) is 0 Å². The Morgan fingerprint density at radius 2 is 2.24 bits per heavy atom. The minimum Gasteiger partial charge on any atom is -0.399 e. The van der Waals surface area contributed by atoms with Crippen LogP contribution in [0.4, 0.5) is 5.69 Å². The quantitative estimate of drug-likeness (QED) is 0.824. The fourth-order valence-corrected chi connectivity index (χ4v) is 2.15. The van der Waals surface area contributed by atoms with Crippen molar-refractivity contribution in [3.8, 4) is 0 Å². The smallest absolute Gasteiger partial charge is 0.106 e. The van der Waals surface area contributed by atoms with E-state index >= 15 is 0 Å². The van der Waals surface area contributed by atoms with Gasteiger partial charge in [-0.15, -0.1) is 0 Å². The lowest BCUT2D eigenvalue weighted by Crippen LogP contribution is -2.13. The molecule has 92 valence electrons. The third kappa shape index (κ3) is 2.42. The average molecular weight is 233 g/mol. The highest BCUT2D eigenvalue weighted by atomic mass is 16.5. The molecular weight excluding hydrogens is 214 g/mol. The summed E-state index contributed by atoms with van der Waals surface area (Å²) < 4.78 is 7.39. The minimum absolute atomic E-state index is 0.466. The predicted molar refractivity (Wildman–Crippen MR) is 69.9 cm³/mol. The van der Waals surface area contributed by atoms with Gasteiger partial charge in [-0.2, -0.15) is 0 Å². The van der Waals surface area contributed by atoms with E-state index in [1.807, 2.05) is 25.1 Å². The lowest BCUT2D eigenvalue weighted by Gasteiger charge is -2.13. The maximum Gasteiger partial charge on any atom is 0.106 e. The van der Waals surface area contributed by atoms with Crippen LogP contribution in [0.5, 0.6) is 0 Å². The molecule has 0 spiro atoms. The van der Waals surface area contributed by atoms with E-state index in [9.17, 15) is 0 Å². The third-order valence-electron chi connectivity index (χ3n) is 2.91. The normalized spacial score (nSPS) is 13.1. The molecule has 1 unspecified atom stereocenters. The molecule has 1 aromatic heterocycles. The van der Waals surface area contributed by atoms with Crippen LogP contribution in [0.1, 0.15) is 12.7 Å². The van der Waals surface area contributed by atoms with E-state index in [2.05, 4.69) is 16.5 Å². The van der Waals surface area contributed by atoms with E-state index in [4.69, 9.17) is 10.5 Å². The summed E-state index contributed by atoms with van der Waals surface area (Å²) in [5, 5.41) is 0. The maximum absolute atomic E-state index is 5.76. The number of benzene rings is 1. The lowest BCUT2D eigenvalue weighted by molar-refractivity contribution is 0.151. The zero-order valence-corrected chi connectivity index (χ0v) is 10.6. The zero-order chi connectivity index (χ0) is 12.4. The predicted octanol–water partition coefficient (Wildman–Crippen LogP) is 2.21. The number of nitrogens with zero attached hydrogens (tertiary/aromatic N) is 2. The van der Waals surface area contributed by atoms with Crippen molar-refractivity contribution < 1.29 is 4.74 Å². The standard InChI is InChI=1S/C13H19N3O/c1-9(8-17-3)7-16-10(2)15-12-6-11(14)4-5-13(12)16/h4-6,9H,7-8,14H2,1-3H3. The number of hydrogen-bond acceptors (Lipinski definition) is 3. The molecule has 17 heavy (non-hydrogen) atoms. The van der Waals surface area contributed by atoms with Crippen LogP contribution in [-0.2, 0) is 11.3 Å². The van der Waals surface area contributed by atoms with Gasteiger partial charge in [0.15, 0.2) is 0 Å². The van der Waals surface area contributed by atoms with E-state index in [1.54, 1.807) is 7.11 Å². The van der Waals surface area contributed by atoms with Crippen LogP contribution in [0.3, 0.4) is 0 Å². The molecule has 2 N–H and O–H groups in total. The van der Waals surface area contributed by atoms with E-state index in [-0.39, 0.29) is 0 Å². The number of methoxy groups -OCH3 is 1. The van der Waals surface area contributed by atoms with Gasteiger partial charge in [0.1, 0.15) is 5.82 Å². The van der Waals surface area contributed by atoms with Gasteiger partial charge in [-0.05, 0) is 31.0 Å². The minimum atomic E-state index is 0.466. The number of hydrogen-bond donors (Lipinski definition) is 1. The van der Waals surface area contributed by atoms with Crippen molar-refractivity contribution >= 4 is 16.7 Å². The van der Waals surface area contributed by atoms with Crippen LogP contribution in [0.25, 0.3) is 11.0 Å².